The molecule has 5 nitrogen and oxygen atoms in total. The SMILES string of the molecule is O=[N+]([O-])c1cc2c(Br)cccc2c2c1cnn2Cc1ccccc1. The van der Waals surface area contributed by atoms with Gasteiger partial charge >= 0.3 is 0 Å². The van der Waals surface area contributed by atoms with Gasteiger partial charge in [0.05, 0.1) is 28.6 Å². The van der Waals surface area contributed by atoms with Gasteiger partial charge in [0, 0.05) is 21.3 Å². The third-order valence-corrected chi connectivity index (χ3v) is 4.77. The van der Waals surface area contributed by atoms with E-state index in [9.17, 15) is 10.1 Å². The average Bonchev–Trinajstić information content (AvgIpc) is 2.99. The Bertz CT molecular complexity index is 1070. The van der Waals surface area contributed by atoms with Crippen molar-refractivity contribution in [1.29, 1.82) is 0 Å². The van der Waals surface area contributed by atoms with Crippen LogP contribution in [0.15, 0.2) is 65.3 Å². The van der Waals surface area contributed by atoms with Crippen LogP contribution in [-0.4, -0.2) is 14.7 Å². The van der Waals surface area contributed by atoms with Crippen molar-refractivity contribution >= 4 is 43.3 Å². The molecule has 6 heteroatoms. The monoisotopic (exact) mass is 381 g/mol. The lowest BCUT2D eigenvalue weighted by Crippen LogP contribution is -2.02. The molecule has 0 aliphatic heterocycles. The van der Waals surface area contributed by atoms with Gasteiger partial charge in [0.1, 0.15) is 0 Å². The lowest BCUT2D eigenvalue weighted by Gasteiger charge is -2.08. The van der Waals surface area contributed by atoms with E-state index in [1.165, 1.54) is 0 Å². The summed E-state index contributed by atoms with van der Waals surface area (Å²) in [5.41, 5.74) is 1.95. The minimum Gasteiger partial charge on any atom is -0.260 e. The van der Waals surface area contributed by atoms with Gasteiger partial charge in [-0.05, 0) is 11.6 Å². The molecule has 0 amide bonds. The van der Waals surface area contributed by atoms with Crippen molar-refractivity contribution in [2.24, 2.45) is 0 Å². The van der Waals surface area contributed by atoms with Gasteiger partial charge in [-0.3, -0.25) is 14.8 Å². The number of nitro groups is 1. The van der Waals surface area contributed by atoms with Gasteiger partial charge < -0.3 is 0 Å². The topological polar surface area (TPSA) is 61.0 Å². The second-order valence-corrected chi connectivity index (χ2v) is 6.39. The first kappa shape index (κ1) is 14.8. The Morgan fingerprint density at radius 3 is 2.58 bits per heavy atom. The predicted molar refractivity (Wildman–Crippen MR) is 97.1 cm³/mol. The summed E-state index contributed by atoms with van der Waals surface area (Å²) in [6, 6.07) is 17.3. The molecule has 3 aromatic carbocycles. The molecule has 24 heavy (non-hydrogen) atoms. The Morgan fingerprint density at radius 2 is 1.83 bits per heavy atom. The predicted octanol–water partition coefficient (Wildman–Crippen LogP) is 4.91. The third-order valence-electron chi connectivity index (χ3n) is 4.08. The van der Waals surface area contributed by atoms with Crippen molar-refractivity contribution in [3.8, 4) is 0 Å². The van der Waals surface area contributed by atoms with Gasteiger partial charge in [-0.15, -0.1) is 0 Å². The number of aromatic nitrogens is 2. The molecule has 0 unspecified atom stereocenters. The summed E-state index contributed by atoms with van der Waals surface area (Å²) in [6.45, 7) is 0.563. The number of hydrogen-bond acceptors (Lipinski definition) is 3. The third kappa shape index (κ3) is 2.35. The quantitative estimate of drug-likeness (QED) is 0.374. The number of non-ortho nitro benzene ring substituents is 1. The molecule has 0 spiro atoms. The Balaban J connectivity index is 2.04. The van der Waals surface area contributed by atoms with Crippen molar-refractivity contribution < 1.29 is 4.92 Å². The number of halogens is 1. The highest BCUT2D eigenvalue weighted by Gasteiger charge is 2.20. The maximum Gasteiger partial charge on any atom is 0.281 e. The molecular weight excluding hydrogens is 370 g/mol. The number of benzene rings is 3. The Kier molecular flexibility index (Phi) is 3.54. The fourth-order valence-corrected chi connectivity index (χ4v) is 3.47. The lowest BCUT2D eigenvalue weighted by atomic mass is 10.1. The highest BCUT2D eigenvalue weighted by molar-refractivity contribution is 9.10. The molecule has 0 saturated heterocycles. The smallest absolute Gasteiger partial charge is 0.260 e. The fourth-order valence-electron chi connectivity index (χ4n) is 2.99. The standard InChI is InChI=1S/C18H12BrN3O2/c19-16-8-4-7-13-14(16)9-17(22(23)24)15-10-20-21(18(13)15)11-12-5-2-1-3-6-12/h1-10H,11H2. The van der Waals surface area contributed by atoms with Crippen LogP contribution in [0.4, 0.5) is 5.69 Å². The molecule has 1 heterocycles. The molecule has 0 saturated carbocycles. The van der Waals surface area contributed by atoms with Gasteiger partial charge in [0.2, 0.25) is 0 Å². The summed E-state index contributed by atoms with van der Waals surface area (Å²) < 4.78 is 2.66. The summed E-state index contributed by atoms with van der Waals surface area (Å²) in [7, 11) is 0. The molecule has 0 fully saturated rings. The number of hydrogen-bond donors (Lipinski definition) is 0. The van der Waals surface area contributed by atoms with Gasteiger partial charge in [0.15, 0.2) is 0 Å². The van der Waals surface area contributed by atoms with E-state index in [0.29, 0.717) is 11.9 Å². The maximum atomic E-state index is 11.5. The fraction of sp³-hybridized carbons (Fsp3) is 0.0556. The second kappa shape index (κ2) is 5.72. The maximum absolute atomic E-state index is 11.5. The van der Waals surface area contributed by atoms with Crippen molar-refractivity contribution in [1.82, 2.24) is 9.78 Å². The van der Waals surface area contributed by atoms with Crippen LogP contribution in [-0.2, 0) is 6.54 Å². The number of nitrogens with zero attached hydrogens (tertiary/aromatic N) is 3. The zero-order valence-corrected chi connectivity index (χ0v) is 14.1. The summed E-state index contributed by atoms with van der Waals surface area (Å²) in [4.78, 5) is 11.1. The molecule has 0 bridgehead atoms. The van der Waals surface area contributed by atoms with Crippen LogP contribution in [0.25, 0.3) is 21.7 Å². The van der Waals surface area contributed by atoms with Crippen molar-refractivity contribution in [2.45, 2.75) is 6.54 Å². The molecule has 118 valence electrons. The van der Waals surface area contributed by atoms with Crippen molar-refractivity contribution in [2.75, 3.05) is 0 Å². The van der Waals surface area contributed by atoms with Crippen LogP contribution >= 0.6 is 15.9 Å². The zero-order valence-electron chi connectivity index (χ0n) is 12.5. The molecule has 4 aromatic rings. The van der Waals surface area contributed by atoms with Gasteiger partial charge in [-0.25, -0.2) is 0 Å². The van der Waals surface area contributed by atoms with E-state index in [2.05, 4.69) is 21.0 Å². The molecular formula is C18H12BrN3O2. The lowest BCUT2D eigenvalue weighted by molar-refractivity contribution is -0.382. The minimum absolute atomic E-state index is 0.0729. The normalized spacial score (nSPS) is 11.2. The van der Waals surface area contributed by atoms with Crippen LogP contribution in [0, 0.1) is 10.1 Å². The Hall–Kier alpha value is -2.73. The molecule has 0 aliphatic carbocycles. The highest BCUT2D eigenvalue weighted by atomic mass is 79.9. The van der Waals surface area contributed by atoms with E-state index >= 15 is 0 Å². The Morgan fingerprint density at radius 1 is 1.04 bits per heavy atom. The molecule has 0 N–H and O–H groups in total. The first-order valence-corrected chi connectivity index (χ1v) is 8.19. The van der Waals surface area contributed by atoms with Crippen LogP contribution in [0.5, 0.6) is 0 Å². The Labute approximate surface area is 145 Å². The summed E-state index contributed by atoms with van der Waals surface area (Å²) >= 11 is 3.49. The van der Waals surface area contributed by atoms with E-state index in [0.717, 1.165) is 26.3 Å². The van der Waals surface area contributed by atoms with E-state index < -0.39 is 0 Å². The first-order valence-electron chi connectivity index (χ1n) is 7.40. The molecule has 0 aliphatic rings. The van der Waals surface area contributed by atoms with Crippen LogP contribution < -0.4 is 0 Å². The van der Waals surface area contributed by atoms with Crippen LogP contribution in [0.1, 0.15) is 5.56 Å². The zero-order chi connectivity index (χ0) is 16.7. The highest BCUT2D eigenvalue weighted by Crippen LogP contribution is 2.36. The van der Waals surface area contributed by atoms with Crippen molar-refractivity contribution in [3.05, 3.63) is 80.9 Å². The van der Waals surface area contributed by atoms with Gasteiger partial charge in [0.25, 0.3) is 5.69 Å². The van der Waals surface area contributed by atoms with Crippen LogP contribution in [0.3, 0.4) is 0 Å². The molecule has 4 rings (SSSR count). The van der Waals surface area contributed by atoms with E-state index in [1.807, 2.05) is 53.2 Å². The van der Waals surface area contributed by atoms with Gasteiger partial charge in [-0.2, -0.15) is 5.10 Å². The largest absolute Gasteiger partial charge is 0.281 e. The number of rotatable bonds is 3. The number of nitro benzene ring substituents is 1. The second-order valence-electron chi connectivity index (χ2n) is 5.54. The molecule has 1 aromatic heterocycles. The van der Waals surface area contributed by atoms with E-state index in [4.69, 9.17) is 0 Å². The number of fused-ring (bicyclic) bond motifs is 3. The average molecular weight is 382 g/mol. The molecule has 0 atom stereocenters. The van der Waals surface area contributed by atoms with E-state index in [1.54, 1.807) is 12.3 Å². The van der Waals surface area contributed by atoms with Gasteiger partial charge in [-0.1, -0.05) is 58.4 Å². The van der Waals surface area contributed by atoms with Crippen LogP contribution in [0.2, 0.25) is 0 Å². The van der Waals surface area contributed by atoms with Crippen molar-refractivity contribution in [3.63, 3.8) is 0 Å². The first-order chi connectivity index (χ1) is 11.6. The van der Waals surface area contributed by atoms with E-state index in [-0.39, 0.29) is 10.6 Å². The summed E-state index contributed by atoms with van der Waals surface area (Å²) in [5.74, 6) is 0. The molecule has 0 radical (unpaired) electrons. The summed E-state index contributed by atoms with van der Waals surface area (Å²) in [5, 5.41) is 18.2. The summed E-state index contributed by atoms with van der Waals surface area (Å²) in [6.07, 6.45) is 1.58. The minimum atomic E-state index is -0.351.